The first-order valence-corrected chi connectivity index (χ1v) is 8.99. The summed E-state index contributed by atoms with van der Waals surface area (Å²) in [5, 5.41) is 4.52. The molecule has 8 heteroatoms. The van der Waals surface area contributed by atoms with E-state index in [-0.39, 0.29) is 24.6 Å². The van der Waals surface area contributed by atoms with Crippen LogP contribution in [-0.4, -0.2) is 22.2 Å². The summed E-state index contributed by atoms with van der Waals surface area (Å²) in [7, 11) is 1.52. The van der Waals surface area contributed by atoms with Crippen molar-refractivity contribution in [2.45, 2.75) is 26.9 Å². The molecule has 0 fully saturated rings. The second-order valence-corrected chi connectivity index (χ2v) is 6.72. The fourth-order valence-corrected chi connectivity index (χ4v) is 3.66. The van der Waals surface area contributed by atoms with E-state index in [2.05, 4.69) is 5.32 Å². The molecular formula is C18H19N3O4S. The van der Waals surface area contributed by atoms with Crippen molar-refractivity contribution in [3.8, 4) is 5.75 Å². The first kappa shape index (κ1) is 17.9. The maximum absolute atomic E-state index is 12.6. The Kier molecular flexibility index (Phi) is 4.94. The van der Waals surface area contributed by atoms with Crippen molar-refractivity contribution in [3.05, 3.63) is 56.0 Å². The molecule has 0 bridgehead atoms. The third-order valence-electron chi connectivity index (χ3n) is 4.08. The normalized spacial score (nSPS) is 10.9. The minimum atomic E-state index is -0.491. The number of nitrogens with zero attached hydrogens (tertiary/aromatic N) is 2. The molecule has 3 rings (SSSR count). The zero-order valence-electron chi connectivity index (χ0n) is 14.7. The van der Waals surface area contributed by atoms with Gasteiger partial charge in [-0.25, -0.2) is 4.79 Å². The maximum Gasteiger partial charge on any atom is 0.331 e. The van der Waals surface area contributed by atoms with Crippen molar-refractivity contribution in [2.75, 3.05) is 12.4 Å². The largest absolute Gasteiger partial charge is 0.495 e. The van der Waals surface area contributed by atoms with E-state index in [9.17, 15) is 14.4 Å². The molecule has 0 spiro atoms. The standard InChI is InChI=1S/C18H19N3O4S/c1-4-20-17(23)16-13(7-8-26-16)21(18(20)24)10-15(22)19-12-9-11(2)5-6-14(12)25-3/h5-9H,4,10H2,1-3H3,(H,19,22). The van der Waals surface area contributed by atoms with Gasteiger partial charge in [0.1, 0.15) is 17.0 Å². The van der Waals surface area contributed by atoms with Gasteiger partial charge in [-0.1, -0.05) is 6.07 Å². The molecule has 3 aromatic rings. The number of aryl methyl sites for hydroxylation is 1. The summed E-state index contributed by atoms with van der Waals surface area (Å²) in [6.07, 6.45) is 0. The van der Waals surface area contributed by atoms with Crippen LogP contribution in [0.15, 0.2) is 39.2 Å². The van der Waals surface area contributed by atoms with E-state index >= 15 is 0 Å². The van der Waals surface area contributed by atoms with Crippen LogP contribution in [0.3, 0.4) is 0 Å². The minimum Gasteiger partial charge on any atom is -0.495 e. The summed E-state index contributed by atoms with van der Waals surface area (Å²) in [5.74, 6) is 0.167. The summed E-state index contributed by atoms with van der Waals surface area (Å²) in [5.41, 5.74) is 1.17. The van der Waals surface area contributed by atoms with Crippen LogP contribution in [0, 0.1) is 6.92 Å². The maximum atomic E-state index is 12.6. The number of carbonyl (C=O) groups is 1. The molecule has 136 valence electrons. The molecule has 0 saturated carbocycles. The van der Waals surface area contributed by atoms with Crippen molar-refractivity contribution in [3.63, 3.8) is 0 Å². The number of amides is 1. The Morgan fingerprint density at radius 2 is 2.00 bits per heavy atom. The number of fused-ring (bicyclic) bond motifs is 1. The lowest BCUT2D eigenvalue weighted by atomic mass is 10.2. The summed E-state index contributed by atoms with van der Waals surface area (Å²) < 4.78 is 8.19. The van der Waals surface area contributed by atoms with Gasteiger partial charge in [-0.15, -0.1) is 11.3 Å². The first-order chi connectivity index (χ1) is 12.5. The lowest BCUT2D eigenvalue weighted by molar-refractivity contribution is -0.116. The zero-order valence-corrected chi connectivity index (χ0v) is 15.6. The molecule has 26 heavy (non-hydrogen) atoms. The van der Waals surface area contributed by atoms with E-state index in [1.165, 1.54) is 23.0 Å². The van der Waals surface area contributed by atoms with E-state index in [1.807, 2.05) is 13.0 Å². The summed E-state index contributed by atoms with van der Waals surface area (Å²) >= 11 is 1.26. The van der Waals surface area contributed by atoms with Crippen molar-refractivity contribution in [1.29, 1.82) is 0 Å². The highest BCUT2D eigenvalue weighted by molar-refractivity contribution is 7.17. The lowest BCUT2D eigenvalue weighted by Crippen LogP contribution is -2.40. The van der Waals surface area contributed by atoms with Crippen LogP contribution in [-0.2, 0) is 17.9 Å². The Balaban J connectivity index is 1.98. The number of hydrogen-bond acceptors (Lipinski definition) is 5. The van der Waals surface area contributed by atoms with Crippen molar-refractivity contribution in [1.82, 2.24) is 9.13 Å². The molecule has 1 N–H and O–H groups in total. The van der Waals surface area contributed by atoms with Crippen LogP contribution in [0.2, 0.25) is 0 Å². The quantitative estimate of drug-likeness (QED) is 0.743. The summed E-state index contributed by atoms with van der Waals surface area (Å²) in [6.45, 7) is 3.69. The highest BCUT2D eigenvalue weighted by atomic mass is 32.1. The van der Waals surface area contributed by atoms with Crippen LogP contribution in [0.4, 0.5) is 5.69 Å². The molecular weight excluding hydrogens is 354 g/mol. The average Bonchev–Trinajstić information content (AvgIpc) is 3.09. The van der Waals surface area contributed by atoms with E-state index in [1.54, 1.807) is 30.5 Å². The summed E-state index contributed by atoms with van der Waals surface area (Å²) in [4.78, 5) is 37.5. The number of carbonyl (C=O) groups excluding carboxylic acids is 1. The van der Waals surface area contributed by atoms with Gasteiger partial charge in [-0.2, -0.15) is 0 Å². The summed E-state index contributed by atoms with van der Waals surface area (Å²) in [6, 6.07) is 7.13. The number of thiophene rings is 1. The molecule has 0 unspecified atom stereocenters. The predicted octanol–water partition coefficient (Wildman–Crippen LogP) is 2.20. The predicted molar refractivity (Wildman–Crippen MR) is 102 cm³/mol. The van der Waals surface area contributed by atoms with Gasteiger partial charge in [-0.05, 0) is 43.0 Å². The number of aromatic nitrogens is 2. The number of rotatable bonds is 5. The highest BCUT2D eigenvalue weighted by Gasteiger charge is 2.16. The van der Waals surface area contributed by atoms with E-state index in [4.69, 9.17) is 4.74 Å². The second-order valence-electron chi connectivity index (χ2n) is 5.81. The highest BCUT2D eigenvalue weighted by Crippen LogP contribution is 2.25. The first-order valence-electron chi connectivity index (χ1n) is 8.11. The van der Waals surface area contributed by atoms with E-state index in [0.29, 0.717) is 21.7 Å². The molecule has 2 aromatic heterocycles. The molecule has 0 saturated heterocycles. The number of ether oxygens (including phenoxy) is 1. The van der Waals surface area contributed by atoms with E-state index < -0.39 is 5.69 Å². The van der Waals surface area contributed by atoms with Crippen molar-refractivity contribution >= 4 is 33.1 Å². The Morgan fingerprint density at radius 3 is 2.69 bits per heavy atom. The fourth-order valence-electron chi connectivity index (χ4n) is 2.82. The topological polar surface area (TPSA) is 82.3 Å². The van der Waals surface area contributed by atoms with Crippen molar-refractivity contribution < 1.29 is 9.53 Å². The smallest absolute Gasteiger partial charge is 0.331 e. The fraction of sp³-hybridized carbons (Fsp3) is 0.278. The van der Waals surface area contributed by atoms with Gasteiger partial charge in [0, 0.05) is 6.54 Å². The number of methoxy groups -OCH3 is 1. The van der Waals surface area contributed by atoms with Gasteiger partial charge in [0.15, 0.2) is 0 Å². The van der Waals surface area contributed by atoms with Gasteiger partial charge in [-0.3, -0.25) is 18.7 Å². The Bertz CT molecular complexity index is 1090. The molecule has 2 heterocycles. The molecule has 0 aliphatic carbocycles. The SMILES string of the molecule is CCn1c(=O)c2sccc2n(CC(=O)Nc2cc(C)ccc2OC)c1=O. The van der Waals surface area contributed by atoms with Gasteiger partial charge in [0.25, 0.3) is 5.56 Å². The van der Waals surface area contributed by atoms with Gasteiger partial charge in [0.05, 0.1) is 18.3 Å². The molecule has 0 atom stereocenters. The average molecular weight is 373 g/mol. The number of benzene rings is 1. The third-order valence-corrected chi connectivity index (χ3v) is 4.98. The number of nitrogens with one attached hydrogen (secondary N) is 1. The molecule has 0 radical (unpaired) electrons. The van der Waals surface area contributed by atoms with Gasteiger partial charge < -0.3 is 10.1 Å². The number of hydrogen-bond donors (Lipinski definition) is 1. The van der Waals surface area contributed by atoms with Crippen molar-refractivity contribution in [2.24, 2.45) is 0 Å². The van der Waals surface area contributed by atoms with Crippen LogP contribution in [0.25, 0.3) is 10.2 Å². The van der Waals surface area contributed by atoms with Gasteiger partial charge >= 0.3 is 5.69 Å². The Morgan fingerprint density at radius 1 is 1.23 bits per heavy atom. The third kappa shape index (κ3) is 3.15. The molecule has 1 amide bonds. The molecule has 7 nitrogen and oxygen atoms in total. The second kappa shape index (κ2) is 7.17. The molecule has 0 aliphatic rings. The molecule has 0 aliphatic heterocycles. The minimum absolute atomic E-state index is 0.191. The van der Waals surface area contributed by atoms with Crippen LogP contribution >= 0.6 is 11.3 Å². The van der Waals surface area contributed by atoms with Gasteiger partial charge in [0.2, 0.25) is 5.91 Å². The van der Waals surface area contributed by atoms with E-state index in [0.717, 1.165) is 10.1 Å². The Labute approximate surface area is 153 Å². The lowest BCUT2D eigenvalue weighted by Gasteiger charge is -2.13. The molecule has 1 aromatic carbocycles. The zero-order chi connectivity index (χ0) is 18.8. The Hall–Kier alpha value is -2.87. The van der Waals surface area contributed by atoms with Crippen LogP contribution in [0.1, 0.15) is 12.5 Å². The monoisotopic (exact) mass is 373 g/mol. The number of anilines is 1. The van der Waals surface area contributed by atoms with Crippen LogP contribution in [0.5, 0.6) is 5.75 Å². The van der Waals surface area contributed by atoms with Crippen LogP contribution < -0.4 is 21.3 Å².